The molecule has 0 aromatic heterocycles. The van der Waals surface area contributed by atoms with Crippen LogP contribution in [0.25, 0.3) is 0 Å². The van der Waals surface area contributed by atoms with Crippen LogP contribution in [0.4, 0.5) is 0 Å². The first-order chi connectivity index (χ1) is 14.4. The molecule has 0 heterocycles. The molecule has 1 atom stereocenters. The van der Waals surface area contributed by atoms with Crippen molar-refractivity contribution in [3.05, 3.63) is 101 Å². The van der Waals surface area contributed by atoms with E-state index in [-0.39, 0.29) is 29.9 Å². The lowest BCUT2D eigenvalue weighted by atomic mass is 10.1. The van der Waals surface area contributed by atoms with E-state index >= 15 is 0 Å². The maximum Gasteiger partial charge on any atom is 0.243 e. The summed E-state index contributed by atoms with van der Waals surface area (Å²) in [7, 11) is -3.87. The van der Waals surface area contributed by atoms with E-state index in [1.54, 1.807) is 42.5 Å². The van der Waals surface area contributed by atoms with Crippen molar-refractivity contribution in [3.8, 4) is 0 Å². The number of nitrogens with one attached hydrogen (secondary N) is 1. The molecule has 3 aromatic rings. The van der Waals surface area contributed by atoms with E-state index in [1.165, 1.54) is 16.4 Å². The summed E-state index contributed by atoms with van der Waals surface area (Å²) in [6.45, 7) is 1.63. The lowest BCUT2D eigenvalue weighted by Crippen LogP contribution is -2.41. The lowest BCUT2D eigenvalue weighted by Gasteiger charge is -2.23. The van der Waals surface area contributed by atoms with Gasteiger partial charge in [0.25, 0.3) is 0 Å². The van der Waals surface area contributed by atoms with Gasteiger partial charge in [0.2, 0.25) is 15.9 Å². The molecule has 0 fully saturated rings. The Hall–Kier alpha value is -2.67. The van der Waals surface area contributed by atoms with Crippen molar-refractivity contribution in [3.63, 3.8) is 0 Å². The first-order valence-corrected chi connectivity index (χ1v) is 11.3. The van der Waals surface area contributed by atoms with Crippen LogP contribution in [0.15, 0.2) is 89.8 Å². The summed E-state index contributed by atoms with van der Waals surface area (Å²) in [6.07, 6.45) is 0. The summed E-state index contributed by atoms with van der Waals surface area (Å²) < 4.78 is 27.6. The molecule has 0 spiro atoms. The Balaban J connectivity index is 1.81. The summed E-state index contributed by atoms with van der Waals surface area (Å²) in [4.78, 5) is 12.9. The molecule has 0 aliphatic carbocycles. The van der Waals surface area contributed by atoms with E-state index < -0.39 is 10.0 Å². The molecule has 0 aliphatic rings. The highest BCUT2D eigenvalue weighted by Crippen LogP contribution is 2.20. The first kappa shape index (κ1) is 22.0. The van der Waals surface area contributed by atoms with Crippen molar-refractivity contribution in [1.29, 1.82) is 0 Å². The molecular formula is C23H23ClN2O3S. The second-order valence-electron chi connectivity index (χ2n) is 6.91. The van der Waals surface area contributed by atoms with Crippen LogP contribution >= 0.6 is 11.6 Å². The number of benzene rings is 3. The molecule has 1 N–H and O–H groups in total. The Morgan fingerprint density at radius 1 is 0.933 bits per heavy atom. The van der Waals surface area contributed by atoms with Crippen molar-refractivity contribution in [2.45, 2.75) is 24.4 Å². The highest BCUT2D eigenvalue weighted by atomic mass is 35.5. The third-order valence-corrected chi connectivity index (χ3v) is 6.71. The molecule has 7 heteroatoms. The third-order valence-electron chi connectivity index (χ3n) is 4.65. The van der Waals surface area contributed by atoms with E-state index in [4.69, 9.17) is 11.6 Å². The van der Waals surface area contributed by atoms with E-state index in [9.17, 15) is 13.2 Å². The number of amides is 1. The van der Waals surface area contributed by atoms with Gasteiger partial charge in [-0.1, -0.05) is 72.3 Å². The predicted octanol–water partition coefficient (Wildman–Crippen LogP) is 4.41. The monoisotopic (exact) mass is 442 g/mol. The Morgan fingerprint density at radius 3 is 2.10 bits per heavy atom. The standard InChI is InChI=1S/C23H23ClN2O3S/c1-18(20-8-4-2-5-9-20)25-23(27)17-26(16-19-12-14-21(24)15-13-19)30(28,29)22-10-6-3-7-11-22/h2-15,18H,16-17H2,1H3,(H,25,27)/t18-/m0/s1. The van der Waals surface area contributed by atoms with Crippen molar-refractivity contribution < 1.29 is 13.2 Å². The fourth-order valence-corrected chi connectivity index (χ4v) is 4.56. The Bertz CT molecular complexity index is 1070. The molecule has 5 nitrogen and oxygen atoms in total. The van der Waals surface area contributed by atoms with E-state index in [0.29, 0.717) is 5.02 Å². The number of hydrogen-bond donors (Lipinski definition) is 1. The molecule has 3 aromatic carbocycles. The van der Waals surface area contributed by atoms with Crippen LogP contribution in [0.1, 0.15) is 24.1 Å². The molecule has 0 bridgehead atoms. The van der Waals surface area contributed by atoms with Crippen LogP contribution < -0.4 is 5.32 Å². The van der Waals surface area contributed by atoms with Crippen molar-refractivity contribution >= 4 is 27.5 Å². The lowest BCUT2D eigenvalue weighted by molar-refractivity contribution is -0.122. The summed E-state index contributed by atoms with van der Waals surface area (Å²) in [6, 6.07) is 24.3. The highest BCUT2D eigenvalue weighted by Gasteiger charge is 2.27. The number of halogens is 1. The minimum Gasteiger partial charge on any atom is -0.348 e. The second kappa shape index (κ2) is 9.89. The average molecular weight is 443 g/mol. The molecule has 1 amide bonds. The van der Waals surface area contributed by atoms with Crippen molar-refractivity contribution in [2.75, 3.05) is 6.54 Å². The van der Waals surface area contributed by atoms with E-state index in [0.717, 1.165) is 11.1 Å². The van der Waals surface area contributed by atoms with Crippen LogP contribution in [0.2, 0.25) is 5.02 Å². The fraction of sp³-hybridized carbons (Fsp3) is 0.174. The molecule has 0 saturated carbocycles. The zero-order valence-electron chi connectivity index (χ0n) is 16.5. The van der Waals surface area contributed by atoms with Gasteiger partial charge in [-0.3, -0.25) is 4.79 Å². The van der Waals surface area contributed by atoms with Crippen molar-refractivity contribution in [2.24, 2.45) is 0 Å². The molecular weight excluding hydrogens is 420 g/mol. The molecule has 0 aliphatic heterocycles. The zero-order valence-corrected chi connectivity index (χ0v) is 18.1. The largest absolute Gasteiger partial charge is 0.348 e. The normalized spacial score (nSPS) is 12.5. The number of sulfonamides is 1. The van der Waals surface area contributed by atoms with Crippen LogP contribution in [0, 0.1) is 0 Å². The molecule has 0 saturated heterocycles. The summed E-state index contributed by atoms with van der Waals surface area (Å²) in [5.41, 5.74) is 1.68. The first-order valence-electron chi connectivity index (χ1n) is 9.50. The van der Waals surface area contributed by atoms with Gasteiger partial charge in [-0.05, 0) is 42.3 Å². The van der Waals surface area contributed by atoms with Gasteiger partial charge in [0.15, 0.2) is 0 Å². The average Bonchev–Trinajstić information content (AvgIpc) is 2.76. The van der Waals surface area contributed by atoms with Gasteiger partial charge < -0.3 is 5.32 Å². The van der Waals surface area contributed by atoms with E-state index in [2.05, 4.69) is 5.32 Å². The summed E-state index contributed by atoms with van der Waals surface area (Å²) in [5.74, 6) is -0.375. The maximum atomic E-state index is 13.2. The van der Waals surface area contributed by atoms with E-state index in [1.807, 2.05) is 37.3 Å². The SMILES string of the molecule is C[C@H](NC(=O)CN(Cc1ccc(Cl)cc1)S(=O)(=O)c1ccccc1)c1ccccc1. The third kappa shape index (κ3) is 5.69. The summed E-state index contributed by atoms with van der Waals surface area (Å²) >= 11 is 5.94. The van der Waals surface area contributed by atoms with Gasteiger partial charge in [0.05, 0.1) is 17.5 Å². The van der Waals surface area contributed by atoms with Gasteiger partial charge in [0.1, 0.15) is 0 Å². The minimum atomic E-state index is -3.87. The second-order valence-corrected chi connectivity index (χ2v) is 9.29. The predicted molar refractivity (Wildman–Crippen MR) is 118 cm³/mol. The number of hydrogen-bond acceptors (Lipinski definition) is 3. The smallest absolute Gasteiger partial charge is 0.243 e. The quantitative estimate of drug-likeness (QED) is 0.562. The van der Waals surface area contributed by atoms with Gasteiger partial charge in [-0.15, -0.1) is 0 Å². The number of rotatable bonds is 8. The van der Waals surface area contributed by atoms with Crippen LogP contribution in [0.5, 0.6) is 0 Å². The number of nitrogens with zero attached hydrogens (tertiary/aromatic N) is 1. The topological polar surface area (TPSA) is 66.5 Å². The van der Waals surface area contributed by atoms with Gasteiger partial charge in [0, 0.05) is 11.6 Å². The fourth-order valence-electron chi connectivity index (χ4n) is 3.03. The van der Waals surface area contributed by atoms with Crippen LogP contribution in [-0.2, 0) is 21.4 Å². The Labute approximate surface area is 182 Å². The van der Waals surface area contributed by atoms with Crippen molar-refractivity contribution in [1.82, 2.24) is 9.62 Å². The van der Waals surface area contributed by atoms with Gasteiger partial charge in [-0.2, -0.15) is 4.31 Å². The molecule has 3 rings (SSSR count). The zero-order chi connectivity index (χ0) is 21.6. The Kier molecular flexibility index (Phi) is 7.26. The van der Waals surface area contributed by atoms with Crippen LogP contribution in [-0.4, -0.2) is 25.2 Å². The minimum absolute atomic E-state index is 0.0571. The number of carbonyl (C=O) groups is 1. The molecule has 0 unspecified atom stereocenters. The van der Waals surface area contributed by atoms with Crippen LogP contribution in [0.3, 0.4) is 0 Å². The maximum absolute atomic E-state index is 13.2. The van der Waals surface area contributed by atoms with Gasteiger partial charge >= 0.3 is 0 Å². The Morgan fingerprint density at radius 2 is 1.50 bits per heavy atom. The molecule has 0 radical (unpaired) electrons. The highest BCUT2D eigenvalue weighted by molar-refractivity contribution is 7.89. The number of carbonyl (C=O) groups excluding carboxylic acids is 1. The molecule has 156 valence electrons. The molecule has 30 heavy (non-hydrogen) atoms. The summed E-state index contributed by atoms with van der Waals surface area (Å²) in [5, 5.41) is 3.44. The van der Waals surface area contributed by atoms with Gasteiger partial charge in [-0.25, -0.2) is 8.42 Å².